The predicted octanol–water partition coefficient (Wildman–Crippen LogP) is 2.27. The normalized spacial score (nSPS) is 18.4. The van der Waals surface area contributed by atoms with E-state index in [2.05, 4.69) is 25.8 Å². The van der Waals surface area contributed by atoms with Crippen LogP contribution in [0.15, 0.2) is 36.7 Å². The summed E-state index contributed by atoms with van der Waals surface area (Å²) >= 11 is 0. The largest absolute Gasteiger partial charge is 0.387 e. The molecule has 160 valence electrons. The summed E-state index contributed by atoms with van der Waals surface area (Å²) in [7, 11) is 0. The number of carbonyl (C=O) groups excluding carboxylic acids is 1. The Hall–Kier alpha value is -2.51. The first-order valence-corrected chi connectivity index (χ1v) is 10.9. The first-order valence-electron chi connectivity index (χ1n) is 10.9. The number of anilines is 2. The minimum atomic E-state index is -0.536. The number of aryl methyl sites for hydroxylation is 1. The summed E-state index contributed by atoms with van der Waals surface area (Å²) in [5, 5.41) is 10.9. The third kappa shape index (κ3) is 4.47. The molecule has 1 atom stereocenters. The van der Waals surface area contributed by atoms with Gasteiger partial charge in [-0.1, -0.05) is 26.0 Å². The van der Waals surface area contributed by atoms with Gasteiger partial charge in [0.25, 0.3) is 0 Å². The highest BCUT2D eigenvalue weighted by atomic mass is 16.3. The van der Waals surface area contributed by atoms with Gasteiger partial charge in [0.2, 0.25) is 11.9 Å². The molecule has 2 aromatic rings. The zero-order chi connectivity index (χ0) is 21.1. The zero-order valence-corrected chi connectivity index (χ0v) is 17.9. The first kappa shape index (κ1) is 20.8. The molecule has 30 heavy (non-hydrogen) atoms. The summed E-state index contributed by atoms with van der Waals surface area (Å²) in [6.07, 6.45) is 4.92. The fraction of sp³-hybridized carbons (Fsp3) is 0.522. The highest BCUT2D eigenvalue weighted by Gasteiger charge is 2.26. The highest BCUT2D eigenvalue weighted by Crippen LogP contribution is 2.31. The van der Waals surface area contributed by atoms with E-state index in [0.717, 1.165) is 68.3 Å². The quantitative estimate of drug-likeness (QED) is 0.817. The molecule has 1 amide bonds. The lowest BCUT2D eigenvalue weighted by molar-refractivity contribution is -0.121. The predicted molar refractivity (Wildman–Crippen MR) is 118 cm³/mol. The second kappa shape index (κ2) is 9.10. The molecular weight excluding hydrogens is 378 g/mol. The zero-order valence-electron chi connectivity index (χ0n) is 17.9. The van der Waals surface area contributed by atoms with E-state index in [1.54, 1.807) is 12.4 Å². The molecule has 0 saturated carbocycles. The molecule has 7 nitrogen and oxygen atoms in total. The van der Waals surface area contributed by atoms with E-state index in [1.165, 1.54) is 0 Å². The monoisotopic (exact) mass is 409 g/mol. The van der Waals surface area contributed by atoms with Crippen molar-refractivity contribution < 1.29 is 9.90 Å². The van der Waals surface area contributed by atoms with Crippen LogP contribution in [-0.4, -0.2) is 65.2 Å². The standard InChI is InChI=1S/C23H31N5O2/c1-17(2)22(30)28-10-3-5-18-15-19(6-7-20(18)28)21(29)16-26-11-13-27(14-12-26)23-24-8-4-9-25-23/h4,6-9,15,17,21,29H,3,5,10-14,16H2,1-2H3/t21-/m0/s1. The molecule has 1 aromatic carbocycles. The number of aliphatic hydroxyl groups excluding tert-OH is 1. The van der Waals surface area contributed by atoms with Crippen molar-refractivity contribution in [2.45, 2.75) is 32.8 Å². The summed E-state index contributed by atoms with van der Waals surface area (Å²) < 4.78 is 0. The van der Waals surface area contributed by atoms with Crippen molar-refractivity contribution in [1.82, 2.24) is 14.9 Å². The van der Waals surface area contributed by atoms with Crippen LogP contribution in [0.2, 0.25) is 0 Å². The number of carbonyl (C=O) groups is 1. The van der Waals surface area contributed by atoms with E-state index in [0.29, 0.717) is 6.54 Å². The molecule has 2 aliphatic rings. The van der Waals surface area contributed by atoms with E-state index in [4.69, 9.17) is 0 Å². The van der Waals surface area contributed by atoms with Gasteiger partial charge in [-0.25, -0.2) is 9.97 Å². The Morgan fingerprint density at radius 3 is 2.53 bits per heavy atom. The van der Waals surface area contributed by atoms with Crippen LogP contribution in [0.5, 0.6) is 0 Å². The van der Waals surface area contributed by atoms with Crippen molar-refractivity contribution in [2.75, 3.05) is 49.1 Å². The number of fused-ring (bicyclic) bond motifs is 1. The van der Waals surface area contributed by atoms with Gasteiger partial charge in [0.05, 0.1) is 6.10 Å². The van der Waals surface area contributed by atoms with Gasteiger partial charge in [-0.2, -0.15) is 0 Å². The molecule has 0 unspecified atom stereocenters. The molecule has 0 bridgehead atoms. The number of β-amino-alcohol motifs (C(OH)–C–C–N with tert-alkyl or cyclic N) is 1. The number of amides is 1. The SMILES string of the molecule is CC(C)C(=O)N1CCCc2cc([C@@H](O)CN3CCN(c4ncccn4)CC3)ccc21. The summed E-state index contributed by atoms with van der Waals surface area (Å²) in [6.45, 7) is 8.73. The highest BCUT2D eigenvalue weighted by molar-refractivity contribution is 5.95. The van der Waals surface area contributed by atoms with Crippen LogP contribution in [0.1, 0.15) is 37.5 Å². The van der Waals surface area contributed by atoms with E-state index < -0.39 is 6.10 Å². The molecule has 0 radical (unpaired) electrons. The summed E-state index contributed by atoms with van der Waals surface area (Å²) in [5.74, 6) is 0.929. The van der Waals surface area contributed by atoms with Crippen molar-refractivity contribution in [3.05, 3.63) is 47.8 Å². The van der Waals surface area contributed by atoms with Gasteiger partial charge in [-0.3, -0.25) is 9.69 Å². The first-order chi connectivity index (χ1) is 14.5. The number of hydrogen-bond acceptors (Lipinski definition) is 6. The van der Waals surface area contributed by atoms with E-state index in [1.807, 2.05) is 36.9 Å². The summed E-state index contributed by atoms with van der Waals surface area (Å²) in [5.41, 5.74) is 3.10. The number of aromatic nitrogens is 2. The van der Waals surface area contributed by atoms with Crippen molar-refractivity contribution >= 4 is 17.5 Å². The summed E-state index contributed by atoms with van der Waals surface area (Å²) in [4.78, 5) is 27.6. The van der Waals surface area contributed by atoms with Crippen molar-refractivity contribution in [1.29, 1.82) is 0 Å². The minimum absolute atomic E-state index is 0.0128. The fourth-order valence-electron chi connectivity index (χ4n) is 4.30. The Morgan fingerprint density at radius 1 is 1.10 bits per heavy atom. The van der Waals surface area contributed by atoms with Gasteiger partial charge in [-0.15, -0.1) is 0 Å². The maximum absolute atomic E-state index is 12.5. The number of piperazine rings is 1. The van der Waals surface area contributed by atoms with Crippen molar-refractivity contribution in [3.63, 3.8) is 0 Å². The number of aliphatic hydroxyl groups is 1. The molecule has 1 aromatic heterocycles. The van der Waals surface area contributed by atoms with Gasteiger partial charge in [0.1, 0.15) is 0 Å². The van der Waals surface area contributed by atoms with E-state index in [-0.39, 0.29) is 11.8 Å². The van der Waals surface area contributed by atoms with Crippen LogP contribution in [0.3, 0.4) is 0 Å². The Labute approximate surface area is 178 Å². The molecule has 7 heteroatoms. The Morgan fingerprint density at radius 2 is 1.83 bits per heavy atom. The molecular formula is C23H31N5O2. The number of rotatable bonds is 5. The molecule has 1 N–H and O–H groups in total. The van der Waals surface area contributed by atoms with E-state index in [9.17, 15) is 9.90 Å². The topological polar surface area (TPSA) is 72.8 Å². The summed E-state index contributed by atoms with van der Waals surface area (Å²) in [6, 6.07) is 7.90. The Kier molecular flexibility index (Phi) is 6.29. The Bertz CT molecular complexity index is 865. The lowest BCUT2D eigenvalue weighted by atomic mass is 9.96. The number of benzene rings is 1. The average Bonchev–Trinajstić information content (AvgIpc) is 2.78. The van der Waals surface area contributed by atoms with Gasteiger partial charge in [0.15, 0.2) is 0 Å². The lowest BCUT2D eigenvalue weighted by Gasteiger charge is -2.36. The second-order valence-corrected chi connectivity index (χ2v) is 8.49. The molecule has 1 saturated heterocycles. The third-order valence-corrected chi connectivity index (χ3v) is 6.01. The van der Waals surface area contributed by atoms with Gasteiger partial charge >= 0.3 is 0 Å². The second-order valence-electron chi connectivity index (χ2n) is 8.49. The molecule has 0 spiro atoms. The van der Waals surface area contributed by atoms with Crippen LogP contribution < -0.4 is 9.80 Å². The smallest absolute Gasteiger partial charge is 0.229 e. The van der Waals surface area contributed by atoms with Crippen LogP contribution >= 0.6 is 0 Å². The van der Waals surface area contributed by atoms with Crippen molar-refractivity contribution in [2.24, 2.45) is 5.92 Å². The van der Waals surface area contributed by atoms with Crippen LogP contribution in [-0.2, 0) is 11.2 Å². The molecule has 0 aliphatic carbocycles. The van der Waals surface area contributed by atoms with Crippen LogP contribution in [0.25, 0.3) is 0 Å². The maximum Gasteiger partial charge on any atom is 0.229 e. The molecule has 3 heterocycles. The average molecular weight is 410 g/mol. The maximum atomic E-state index is 12.5. The van der Waals surface area contributed by atoms with Gasteiger partial charge in [-0.05, 0) is 36.1 Å². The van der Waals surface area contributed by atoms with E-state index >= 15 is 0 Å². The van der Waals surface area contributed by atoms with Crippen molar-refractivity contribution in [3.8, 4) is 0 Å². The van der Waals surface area contributed by atoms with Gasteiger partial charge in [0, 0.05) is 63.3 Å². The molecule has 1 fully saturated rings. The number of hydrogen-bond donors (Lipinski definition) is 1. The molecule has 2 aliphatic heterocycles. The fourth-order valence-corrected chi connectivity index (χ4v) is 4.30. The lowest BCUT2D eigenvalue weighted by Crippen LogP contribution is -2.48. The minimum Gasteiger partial charge on any atom is -0.387 e. The third-order valence-electron chi connectivity index (χ3n) is 6.01. The number of nitrogens with zero attached hydrogens (tertiary/aromatic N) is 5. The Balaban J connectivity index is 1.38. The van der Waals surface area contributed by atoms with Gasteiger partial charge < -0.3 is 14.9 Å². The van der Waals surface area contributed by atoms with Crippen LogP contribution in [0.4, 0.5) is 11.6 Å². The molecule has 4 rings (SSSR count). The van der Waals surface area contributed by atoms with Crippen LogP contribution in [0, 0.1) is 5.92 Å².